The van der Waals surface area contributed by atoms with Crippen LogP contribution in [0, 0.1) is 0 Å². The summed E-state index contributed by atoms with van der Waals surface area (Å²) in [6, 6.07) is 10.1. The maximum Gasteiger partial charge on any atom is 0.242 e. The van der Waals surface area contributed by atoms with E-state index in [-0.39, 0.29) is 5.91 Å². The quantitative estimate of drug-likeness (QED) is 0.612. The van der Waals surface area contributed by atoms with Gasteiger partial charge in [-0.15, -0.1) is 0 Å². The molecule has 1 heterocycles. The van der Waals surface area contributed by atoms with Gasteiger partial charge in [-0.1, -0.05) is 24.3 Å². The number of nitrogens with one attached hydrogen (secondary N) is 1. The Morgan fingerprint density at radius 1 is 1.15 bits per heavy atom. The first-order valence-corrected chi connectivity index (χ1v) is 9.20. The first kappa shape index (κ1) is 19.7. The van der Waals surface area contributed by atoms with Crippen molar-refractivity contribution in [1.29, 1.82) is 0 Å². The van der Waals surface area contributed by atoms with Gasteiger partial charge < -0.3 is 15.1 Å². The largest absolute Gasteiger partial charge is 0.357 e. The second-order valence-electron chi connectivity index (χ2n) is 6.08. The monoisotopic (exact) mass is 355 g/mol. The molecule has 6 heteroatoms. The smallest absolute Gasteiger partial charge is 0.242 e. The number of pyridine rings is 1. The van der Waals surface area contributed by atoms with Crippen LogP contribution in [0.15, 0.2) is 41.5 Å². The highest BCUT2D eigenvalue weighted by Gasteiger charge is 2.15. The number of carbonyl (C=O) groups excluding carboxylic acids is 1. The van der Waals surface area contributed by atoms with Crippen LogP contribution >= 0.6 is 0 Å². The number of fused-ring (bicyclic) bond motifs is 1. The molecule has 26 heavy (non-hydrogen) atoms. The minimum Gasteiger partial charge on any atom is -0.357 e. The molecule has 0 radical (unpaired) electrons. The predicted octanol–water partition coefficient (Wildman–Crippen LogP) is 2.50. The lowest BCUT2D eigenvalue weighted by molar-refractivity contribution is -0.131. The van der Waals surface area contributed by atoms with Crippen molar-refractivity contribution in [3.05, 3.63) is 42.1 Å². The number of nitrogens with zero attached hydrogens (tertiary/aromatic N) is 4. The molecule has 1 aromatic heterocycles. The van der Waals surface area contributed by atoms with Gasteiger partial charge in [-0.2, -0.15) is 0 Å². The highest BCUT2D eigenvalue weighted by molar-refractivity contribution is 5.87. The van der Waals surface area contributed by atoms with Crippen molar-refractivity contribution in [3.8, 4) is 0 Å². The number of aliphatic imine (C=N–C) groups is 1. The zero-order chi connectivity index (χ0) is 18.9. The fraction of sp³-hybridized carbons (Fsp3) is 0.450. The highest BCUT2D eigenvalue weighted by Crippen LogP contribution is 2.16. The lowest BCUT2D eigenvalue weighted by atomic mass is 10.1. The molecule has 0 unspecified atom stereocenters. The van der Waals surface area contributed by atoms with Crippen molar-refractivity contribution in [2.24, 2.45) is 4.99 Å². The molecule has 140 valence electrons. The topological polar surface area (TPSA) is 60.8 Å². The third-order valence-corrected chi connectivity index (χ3v) is 4.30. The van der Waals surface area contributed by atoms with Crippen LogP contribution < -0.4 is 5.32 Å². The standard InChI is InChI=1S/C20H29N5O/c1-5-21-20(24(4)15-18(26)25(6-2)7-3)23-14-17-11-8-10-16-12-9-13-22-19(16)17/h8-13H,5-7,14-15H2,1-4H3,(H,21,23). The maximum atomic E-state index is 12.4. The van der Waals surface area contributed by atoms with E-state index in [1.807, 2.05) is 55.8 Å². The Kier molecular flexibility index (Phi) is 7.38. The average molecular weight is 355 g/mol. The van der Waals surface area contributed by atoms with Gasteiger partial charge in [0.1, 0.15) is 0 Å². The molecule has 0 spiro atoms. The van der Waals surface area contributed by atoms with Gasteiger partial charge in [-0.05, 0) is 32.4 Å². The third kappa shape index (κ3) is 4.94. The SMILES string of the molecule is CCNC(=NCc1cccc2cccnc12)N(C)CC(=O)N(CC)CC. The number of rotatable bonds is 7. The first-order valence-electron chi connectivity index (χ1n) is 9.20. The van der Waals surface area contributed by atoms with Crippen molar-refractivity contribution in [3.63, 3.8) is 0 Å². The summed E-state index contributed by atoms with van der Waals surface area (Å²) in [4.78, 5) is 25.3. The summed E-state index contributed by atoms with van der Waals surface area (Å²) in [5.41, 5.74) is 2.04. The fourth-order valence-corrected chi connectivity index (χ4v) is 2.88. The molecular weight excluding hydrogens is 326 g/mol. The van der Waals surface area contributed by atoms with E-state index in [2.05, 4.69) is 22.4 Å². The second kappa shape index (κ2) is 9.75. The van der Waals surface area contributed by atoms with Crippen molar-refractivity contribution in [2.75, 3.05) is 33.2 Å². The number of para-hydroxylation sites is 1. The summed E-state index contributed by atoms with van der Waals surface area (Å²) in [5, 5.41) is 4.37. The van der Waals surface area contributed by atoms with Crippen LogP contribution in [-0.2, 0) is 11.3 Å². The van der Waals surface area contributed by atoms with E-state index in [9.17, 15) is 4.79 Å². The lowest BCUT2D eigenvalue weighted by Crippen LogP contribution is -2.45. The lowest BCUT2D eigenvalue weighted by Gasteiger charge is -2.25. The van der Waals surface area contributed by atoms with Crippen LogP contribution in [-0.4, -0.2) is 59.9 Å². The minimum atomic E-state index is 0.106. The second-order valence-corrected chi connectivity index (χ2v) is 6.08. The zero-order valence-corrected chi connectivity index (χ0v) is 16.2. The summed E-state index contributed by atoms with van der Waals surface area (Å²) in [7, 11) is 1.89. The molecule has 0 fully saturated rings. The minimum absolute atomic E-state index is 0.106. The van der Waals surface area contributed by atoms with Gasteiger partial charge in [0.25, 0.3) is 0 Å². The van der Waals surface area contributed by atoms with Crippen molar-refractivity contribution >= 4 is 22.8 Å². The number of hydrogen-bond donors (Lipinski definition) is 1. The highest BCUT2D eigenvalue weighted by atomic mass is 16.2. The van der Waals surface area contributed by atoms with Crippen LogP contribution in [0.25, 0.3) is 10.9 Å². The molecule has 6 nitrogen and oxygen atoms in total. The van der Waals surface area contributed by atoms with Crippen molar-refractivity contribution < 1.29 is 4.79 Å². The third-order valence-electron chi connectivity index (χ3n) is 4.30. The summed E-state index contributed by atoms with van der Waals surface area (Å²) in [6.45, 7) is 9.02. The van der Waals surface area contributed by atoms with Crippen molar-refractivity contribution in [2.45, 2.75) is 27.3 Å². The molecular formula is C20H29N5O. The molecule has 2 aromatic rings. The molecule has 0 saturated carbocycles. The first-order chi connectivity index (χ1) is 12.6. The number of aromatic nitrogens is 1. The van der Waals surface area contributed by atoms with E-state index in [1.165, 1.54) is 0 Å². The number of likely N-dealkylation sites (N-methyl/N-ethyl adjacent to an activating group) is 2. The van der Waals surface area contributed by atoms with E-state index in [0.29, 0.717) is 13.1 Å². The van der Waals surface area contributed by atoms with Crippen LogP contribution in [0.4, 0.5) is 0 Å². The molecule has 1 aromatic carbocycles. The van der Waals surface area contributed by atoms with Crippen LogP contribution in [0.3, 0.4) is 0 Å². The van der Waals surface area contributed by atoms with Gasteiger partial charge in [0.15, 0.2) is 5.96 Å². The Morgan fingerprint density at radius 3 is 2.58 bits per heavy atom. The normalized spacial score (nSPS) is 11.5. The number of guanidine groups is 1. The van der Waals surface area contributed by atoms with E-state index in [1.54, 1.807) is 6.20 Å². The molecule has 0 saturated heterocycles. The molecule has 0 bridgehead atoms. The van der Waals surface area contributed by atoms with Gasteiger partial charge in [0, 0.05) is 38.3 Å². The zero-order valence-electron chi connectivity index (χ0n) is 16.2. The summed E-state index contributed by atoms with van der Waals surface area (Å²) in [5.74, 6) is 0.830. The van der Waals surface area contributed by atoms with Gasteiger partial charge in [-0.25, -0.2) is 4.99 Å². The molecule has 1 N–H and O–H groups in total. The van der Waals surface area contributed by atoms with Crippen LogP contribution in [0.2, 0.25) is 0 Å². The molecule has 2 rings (SSSR count). The van der Waals surface area contributed by atoms with Gasteiger partial charge in [-0.3, -0.25) is 9.78 Å². The van der Waals surface area contributed by atoms with Crippen molar-refractivity contribution in [1.82, 2.24) is 20.1 Å². The van der Waals surface area contributed by atoms with E-state index in [4.69, 9.17) is 4.99 Å². The number of benzene rings is 1. The molecule has 0 atom stereocenters. The van der Waals surface area contributed by atoms with Gasteiger partial charge in [0.05, 0.1) is 18.6 Å². The molecule has 0 aliphatic rings. The molecule has 0 aliphatic carbocycles. The summed E-state index contributed by atoms with van der Waals surface area (Å²) >= 11 is 0. The number of carbonyl (C=O) groups is 1. The molecule has 0 aliphatic heterocycles. The van der Waals surface area contributed by atoms with E-state index < -0.39 is 0 Å². The van der Waals surface area contributed by atoms with E-state index in [0.717, 1.165) is 42.1 Å². The summed E-state index contributed by atoms with van der Waals surface area (Å²) in [6.07, 6.45) is 1.80. The maximum absolute atomic E-state index is 12.4. The Hall–Kier alpha value is -2.63. The Balaban J connectivity index is 2.16. The van der Waals surface area contributed by atoms with Crippen LogP contribution in [0.1, 0.15) is 26.3 Å². The Labute approximate surface area is 155 Å². The number of amides is 1. The number of hydrogen-bond acceptors (Lipinski definition) is 3. The molecule has 1 amide bonds. The Bertz CT molecular complexity index is 749. The van der Waals surface area contributed by atoms with Gasteiger partial charge in [0.2, 0.25) is 5.91 Å². The predicted molar refractivity (Wildman–Crippen MR) is 107 cm³/mol. The summed E-state index contributed by atoms with van der Waals surface area (Å²) < 4.78 is 0. The average Bonchev–Trinajstić information content (AvgIpc) is 2.66. The Morgan fingerprint density at radius 2 is 1.88 bits per heavy atom. The van der Waals surface area contributed by atoms with Gasteiger partial charge >= 0.3 is 0 Å². The van der Waals surface area contributed by atoms with E-state index >= 15 is 0 Å². The fourth-order valence-electron chi connectivity index (χ4n) is 2.88. The van der Waals surface area contributed by atoms with Crippen LogP contribution in [0.5, 0.6) is 0 Å².